The van der Waals surface area contributed by atoms with E-state index in [0.717, 1.165) is 16.5 Å². The Morgan fingerprint density at radius 3 is 2.65 bits per heavy atom. The first kappa shape index (κ1) is 18.7. The molecule has 5 atom stereocenters. The summed E-state index contributed by atoms with van der Waals surface area (Å²) in [6.07, 6.45) is 3.29. The molecule has 3 nitrogen and oxygen atoms in total. The van der Waals surface area contributed by atoms with Crippen LogP contribution in [0, 0.1) is 11.8 Å². The van der Waals surface area contributed by atoms with Crippen LogP contribution < -0.4 is 5.32 Å². The maximum atomic E-state index is 10.2. The van der Waals surface area contributed by atoms with Gasteiger partial charge in [-0.3, -0.25) is 0 Å². The van der Waals surface area contributed by atoms with Crippen LogP contribution >= 0.6 is 11.6 Å². The van der Waals surface area contributed by atoms with E-state index >= 15 is 0 Å². The van der Waals surface area contributed by atoms with Crippen molar-refractivity contribution in [2.45, 2.75) is 58.3 Å². The fourth-order valence-electron chi connectivity index (χ4n) is 3.30. The predicted octanol–water partition coefficient (Wildman–Crippen LogP) is 4.19. The second-order valence-corrected chi connectivity index (χ2v) is 7.40. The van der Waals surface area contributed by atoms with Crippen molar-refractivity contribution in [3.63, 3.8) is 0 Å². The first-order chi connectivity index (χ1) is 11.0. The molecule has 1 aromatic rings. The van der Waals surface area contributed by atoms with Crippen molar-refractivity contribution in [2.75, 3.05) is 13.2 Å². The summed E-state index contributed by atoms with van der Waals surface area (Å²) < 4.78 is 5.78. The second kappa shape index (κ2) is 9.03. The van der Waals surface area contributed by atoms with Crippen LogP contribution in [0.4, 0.5) is 0 Å². The number of ether oxygens (including phenoxy) is 1. The lowest BCUT2D eigenvalue weighted by molar-refractivity contribution is -0.00441. The summed E-state index contributed by atoms with van der Waals surface area (Å²) in [7, 11) is 0. The third-order valence-corrected chi connectivity index (χ3v) is 5.45. The molecular weight excluding hydrogens is 310 g/mol. The molecule has 0 spiro atoms. The van der Waals surface area contributed by atoms with Crippen molar-refractivity contribution in [1.82, 2.24) is 5.32 Å². The molecule has 1 saturated carbocycles. The van der Waals surface area contributed by atoms with Gasteiger partial charge in [-0.25, -0.2) is 0 Å². The van der Waals surface area contributed by atoms with Crippen molar-refractivity contribution >= 4 is 11.6 Å². The van der Waals surface area contributed by atoms with Gasteiger partial charge in [-0.2, -0.15) is 0 Å². The topological polar surface area (TPSA) is 41.5 Å². The Labute approximate surface area is 145 Å². The first-order valence-corrected chi connectivity index (χ1v) is 9.13. The molecule has 0 bridgehead atoms. The van der Waals surface area contributed by atoms with E-state index in [9.17, 15) is 5.11 Å². The lowest BCUT2D eigenvalue weighted by atomic mass is 9.78. The van der Waals surface area contributed by atoms with Crippen molar-refractivity contribution in [2.24, 2.45) is 11.8 Å². The number of aliphatic hydroxyl groups is 1. The third kappa shape index (κ3) is 5.75. The van der Waals surface area contributed by atoms with Crippen molar-refractivity contribution in [1.29, 1.82) is 0 Å². The van der Waals surface area contributed by atoms with Crippen LogP contribution in [-0.2, 0) is 4.74 Å². The molecule has 1 aliphatic carbocycles. The zero-order valence-corrected chi connectivity index (χ0v) is 15.2. The monoisotopic (exact) mass is 339 g/mol. The number of nitrogens with one attached hydrogen (secondary N) is 1. The average Bonchev–Trinajstić information content (AvgIpc) is 2.54. The summed E-state index contributed by atoms with van der Waals surface area (Å²) in [5.41, 5.74) is 1.07. The highest BCUT2D eigenvalue weighted by molar-refractivity contribution is 6.30. The second-order valence-electron chi connectivity index (χ2n) is 6.96. The number of hydrogen-bond acceptors (Lipinski definition) is 3. The molecule has 1 aliphatic rings. The smallest absolute Gasteiger partial charge is 0.0898 e. The summed E-state index contributed by atoms with van der Waals surface area (Å²) in [6.45, 7) is 7.57. The SMILES string of the molecule is C[C@@H]1[C@@H](C)CCC[C@H]1NC[C@H](O)CO[C@@H](C)c1ccc(Cl)cc1. The van der Waals surface area contributed by atoms with E-state index in [0.29, 0.717) is 25.1 Å². The third-order valence-electron chi connectivity index (χ3n) is 5.20. The van der Waals surface area contributed by atoms with Gasteiger partial charge in [0.15, 0.2) is 0 Å². The Bertz CT molecular complexity index is 465. The first-order valence-electron chi connectivity index (χ1n) is 8.76. The Balaban J connectivity index is 1.70. The number of hydrogen-bond donors (Lipinski definition) is 2. The largest absolute Gasteiger partial charge is 0.389 e. The van der Waals surface area contributed by atoms with Gasteiger partial charge in [-0.15, -0.1) is 0 Å². The molecule has 1 fully saturated rings. The zero-order chi connectivity index (χ0) is 16.8. The summed E-state index contributed by atoms with van der Waals surface area (Å²) in [5, 5.41) is 14.4. The van der Waals surface area contributed by atoms with E-state index in [-0.39, 0.29) is 6.10 Å². The van der Waals surface area contributed by atoms with Gasteiger partial charge < -0.3 is 15.2 Å². The number of aliphatic hydroxyl groups excluding tert-OH is 1. The predicted molar refractivity (Wildman–Crippen MR) is 95.8 cm³/mol. The number of rotatable bonds is 7. The van der Waals surface area contributed by atoms with Gasteiger partial charge in [-0.05, 0) is 42.9 Å². The fourth-order valence-corrected chi connectivity index (χ4v) is 3.43. The molecule has 2 N–H and O–H groups in total. The Kier molecular flexibility index (Phi) is 7.35. The molecule has 23 heavy (non-hydrogen) atoms. The molecule has 4 heteroatoms. The lowest BCUT2D eigenvalue weighted by Crippen LogP contribution is -2.44. The van der Waals surface area contributed by atoms with Gasteiger partial charge in [-0.1, -0.05) is 50.4 Å². The van der Waals surface area contributed by atoms with Gasteiger partial charge in [0.2, 0.25) is 0 Å². The molecule has 0 aliphatic heterocycles. The molecule has 0 unspecified atom stereocenters. The molecule has 0 radical (unpaired) electrons. The van der Waals surface area contributed by atoms with E-state index in [1.54, 1.807) is 0 Å². The van der Waals surface area contributed by atoms with Crippen LogP contribution in [0.1, 0.15) is 51.7 Å². The van der Waals surface area contributed by atoms with Crippen LogP contribution in [0.15, 0.2) is 24.3 Å². The van der Waals surface area contributed by atoms with Crippen molar-refractivity contribution in [3.8, 4) is 0 Å². The summed E-state index contributed by atoms with van der Waals surface area (Å²) >= 11 is 5.89. The van der Waals surface area contributed by atoms with E-state index in [1.807, 2.05) is 31.2 Å². The minimum absolute atomic E-state index is 0.0458. The van der Waals surface area contributed by atoms with Gasteiger partial charge in [0.1, 0.15) is 0 Å². The maximum Gasteiger partial charge on any atom is 0.0898 e. The van der Waals surface area contributed by atoms with Crippen LogP contribution in [-0.4, -0.2) is 30.4 Å². The molecule has 2 rings (SSSR count). The van der Waals surface area contributed by atoms with Crippen LogP contribution in [0.2, 0.25) is 5.02 Å². The van der Waals surface area contributed by atoms with Gasteiger partial charge >= 0.3 is 0 Å². The molecular formula is C19H30ClNO2. The molecule has 0 heterocycles. The molecule has 0 amide bonds. The van der Waals surface area contributed by atoms with Crippen molar-refractivity contribution in [3.05, 3.63) is 34.9 Å². The lowest BCUT2D eigenvalue weighted by Gasteiger charge is -2.35. The molecule has 1 aromatic carbocycles. The number of benzene rings is 1. The summed E-state index contributed by atoms with van der Waals surface area (Å²) in [6, 6.07) is 8.16. The Morgan fingerprint density at radius 1 is 1.26 bits per heavy atom. The van der Waals surface area contributed by atoms with E-state index in [2.05, 4.69) is 19.2 Å². The van der Waals surface area contributed by atoms with E-state index in [4.69, 9.17) is 16.3 Å². The van der Waals surface area contributed by atoms with Gasteiger partial charge in [0.25, 0.3) is 0 Å². The summed E-state index contributed by atoms with van der Waals surface area (Å²) in [4.78, 5) is 0. The molecule has 130 valence electrons. The van der Waals surface area contributed by atoms with Crippen LogP contribution in [0.3, 0.4) is 0 Å². The van der Waals surface area contributed by atoms with Crippen LogP contribution in [0.25, 0.3) is 0 Å². The Hall–Kier alpha value is -0.610. The number of halogens is 1. The van der Waals surface area contributed by atoms with Crippen LogP contribution in [0.5, 0.6) is 0 Å². The van der Waals surface area contributed by atoms with E-state index in [1.165, 1.54) is 19.3 Å². The van der Waals surface area contributed by atoms with Gasteiger partial charge in [0.05, 0.1) is 18.8 Å². The Morgan fingerprint density at radius 2 is 1.96 bits per heavy atom. The van der Waals surface area contributed by atoms with Crippen molar-refractivity contribution < 1.29 is 9.84 Å². The fraction of sp³-hybridized carbons (Fsp3) is 0.684. The van der Waals surface area contributed by atoms with E-state index < -0.39 is 6.10 Å². The highest BCUT2D eigenvalue weighted by atomic mass is 35.5. The minimum Gasteiger partial charge on any atom is -0.389 e. The quantitative estimate of drug-likeness (QED) is 0.782. The highest BCUT2D eigenvalue weighted by Gasteiger charge is 2.27. The normalized spacial score (nSPS) is 27.6. The molecule has 0 saturated heterocycles. The zero-order valence-electron chi connectivity index (χ0n) is 14.5. The molecule has 0 aromatic heterocycles. The van der Waals surface area contributed by atoms with Gasteiger partial charge in [0, 0.05) is 17.6 Å². The summed E-state index contributed by atoms with van der Waals surface area (Å²) in [5.74, 6) is 1.43. The maximum absolute atomic E-state index is 10.2. The standard InChI is InChI=1S/C19H30ClNO2/c1-13-5-4-6-19(14(13)2)21-11-18(22)12-23-15(3)16-7-9-17(20)10-8-16/h7-10,13-15,18-19,21-22H,4-6,11-12H2,1-3H3/t13-,14+,15-,18-,19+/m0/s1. The highest BCUT2D eigenvalue weighted by Crippen LogP contribution is 2.29. The average molecular weight is 340 g/mol. The minimum atomic E-state index is -0.478.